The number of thiophene rings is 1. The van der Waals surface area contributed by atoms with Crippen molar-refractivity contribution in [1.29, 1.82) is 0 Å². The lowest BCUT2D eigenvalue weighted by molar-refractivity contribution is -0.135. The van der Waals surface area contributed by atoms with E-state index in [4.69, 9.17) is 14.2 Å². The molecule has 9 heteroatoms. The van der Waals surface area contributed by atoms with Crippen molar-refractivity contribution >= 4 is 23.2 Å². The number of para-hydroxylation sites is 1. The van der Waals surface area contributed by atoms with E-state index in [1.165, 1.54) is 10.9 Å². The molecular weight excluding hydrogens is 495 g/mol. The molecule has 1 aliphatic carbocycles. The summed E-state index contributed by atoms with van der Waals surface area (Å²) >= 11 is 1.66. The standard InChI is InChI=1S/C28H27FN2O5S/c29-21-3-1-2-4-23(21)34-16-22-20-10-12-37-26(20)9-11-31(22)27(32)15-30(14-18-5-6-18)28(33)19-7-8-24-25(13-19)36-17-35-24/h1-4,7-8,10,12-13,18,22H,5-6,9,11,14-17H2. The maximum absolute atomic E-state index is 14.2. The highest BCUT2D eigenvalue weighted by Gasteiger charge is 2.35. The Kier molecular flexibility index (Phi) is 6.46. The Hall–Kier alpha value is -3.59. The van der Waals surface area contributed by atoms with Gasteiger partial charge >= 0.3 is 0 Å². The predicted molar refractivity (Wildman–Crippen MR) is 136 cm³/mol. The van der Waals surface area contributed by atoms with Crippen LogP contribution >= 0.6 is 11.3 Å². The first-order chi connectivity index (χ1) is 18.1. The van der Waals surface area contributed by atoms with E-state index in [1.54, 1.807) is 57.5 Å². The fraction of sp³-hybridized carbons (Fsp3) is 0.357. The first-order valence-corrected chi connectivity index (χ1v) is 13.4. The second-order valence-electron chi connectivity index (χ2n) is 9.59. The van der Waals surface area contributed by atoms with E-state index in [0.717, 1.165) is 24.8 Å². The van der Waals surface area contributed by atoms with Crippen LogP contribution in [0.15, 0.2) is 53.9 Å². The van der Waals surface area contributed by atoms with Gasteiger partial charge in [-0.1, -0.05) is 12.1 Å². The number of hydrogen-bond donors (Lipinski definition) is 0. The van der Waals surface area contributed by atoms with Gasteiger partial charge in [-0.25, -0.2) is 4.39 Å². The summed E-state index contributed by atoms with van der Waals surface area (Å²) in [6.45, 7) is 1.29. The average molecular weight is 523 g/mol. The van der Waals surface area contributed by atoms with Crippen LogP contribution in [0.5, 0.6) is 17.2 Å². The first kappa shape index (κ1) is 23.8. The molecule has 2 amide bonds. The lowest BCUT2D eigenvalue weighted by Gasteiger charge is -2.37. The second kappa shape index (κ2) is 10.0. The normalized spacial score (nSPS) is 17.9. The van der Waals surface area contributed by atoms with Crippen LogP contribution in [0.3, 0.4) is 0 Å². The Bertz CT molecular complexity index is 1320. The van der Waals surface area contributed by atoms with Crippen molar-refractivity contribution in [3.63, 3.8) is 0 Å². The maximum Gasteiger partial charge on any atom is 0.254 e. The molecule has 3 aliphatic rings. The van der Waals surface area contributed by atoms with Gasteiger partial charge in [0, 0.05) is 23.5 Å². The average Bonchev–Trinajstić information content (AvgIpc) is 3.38. The van der Waals surface area contributed by atoms with Crippen LogP contribution in [-0.2, 0) is 11.2 Å². The maximum atomic E-state index is 14.2. The monoisotopic (exact) mass is 522 g/mol. The zero-order chi connectivity index (χ0) is 25.4. The summed E-state index contributed by atoms with van der Waals surface area (Å²) in [7, 11) is 0. The summed E-state index contributed by atoms with van der Waals surface area (Å²) in [5.74, 6) is 0.932. The van der Waals surface area contributed by atoms with E-state index in [9.17, 15) is 14.0 Å². The molecule has 1 saturated carbocycles. The predicted octanol–water partition coefficient (Wildman–Crippen LogP) is 4.67. The molecule has 3 aromatic rings. The molecule has 0 spiro atoms. The number of halogens is 1. The van der Waals surface area contributed by atoms with E-state index in [-0.39, 0.29) is 43.6 Å². The molecule has 2 aromatic carbocycles. The number of carbonyl (C=O) groups is 2. The third-order valence-corrected chi connectivity index (χ3v) is 8.05. The van der Waals surface area contributed by atoms with Crippen LogP contribution in [0.25, 0.3) is 0 Å². The minimum atomic E-state index is -0.438. The fourth-order valence-electron chi connectivity index (χ4n) is 4.90. The smallest absolute Gasteiger partial charge is 0.254 e. The Morgan fingerprint density at radius 3 is 2.78 bits per heavy atom. The molecule has 2 aliphatic heterocycles. The highest BCUT2D eigenvalue weighted by Crippen LogP contribution is 2.36. The summed E-state index contributed by atoms with van der Waals surface area (Å²) < 4.78 is 30.9. The van der Waals surface area contributed by atoms with Gasteiger partial charge in [0.2, 0.25) is 12.7 Å². The zero-order valence-electron chi connectivity index (χ0n) is 20.2. The van der Waals surface area contributed by atoms with E-state index in [2.05, 4.69) is 0 Å². The fourth-order valence-corrected chi connectivity index (χ4v) is 5.83. The molecule has 1 aromatic heterocycles. The highest BCUT2D eigenvalue weighted by atomic mass is 32.1. The molecule has 7 nitrogen and oxygen atoms in total. The largest absolute Gasteiger partial charge is 0.488 e. The minimum Gasteiger partial charge on any atom is -0.488 e. The number of amides is 2. The van der Waals surface area contributed by atoms with E-state index < -0.39 is 5.82 Å². The lowest BCUT2D eigenvalue weighted by Crippen LogP contribution is -2.48. The van der Waals surface area contributed by atoms with Crippen LogP contribution in [-0.4, -0.2) is 54.6 Å². The van der Waals surface area contributed by atoms with Crippen LogP contribution in [0.2, 0.25) is 0 Å². The second-order valence-corrected chi connectivity index (χ2v) is 10.6. The molecule has 0 saturated heterocycles. The minimum absolute atomic E-state index is 0.0283. The van der Waals surface area contributed by atoms with Crippen molar-refractivity contribution in [3.8, 4) is 17.2 Å². The molecule has 1 fully saturated rings. The number of fused-ring (bicyclic) bond motifs is 2. The van der Waals surface area contributed by atoms with Crippen molar-refractivity contribution in [2.45, 2.75) is 25.3 Å². The van der Waals surface area contributed by atoms with Gasteiger partial charge in [0.15, 0.2) is 23.1 Å². The van der Waals surface area contributed by atoms with Gasteiger partial charge in [0.25, 0.3) is 5.91 Å². The van der Waals surface area contributed by atoms with Crippen molar-refractivity contribution < 1.29 is 28.2 Å². The highest BCUT2D eigenvalue weighted by molar-refractivity contribution is 7.10. The Morgan fingerprint density at radius 1 is 1.11 bits per heavy atom. The number of benzene rings is 2. The summed E-state index contributed by atoms with van der Waals surface area (Å²) in [4.78, 5) is 31.9. The SMILES string of the molecule is O=C(c1ccc2c(c1)OCO2)N(CC(=O)N1CCc2sccc2C1COc1ccccc1F)CC1CC1. The molecule has 0 N–H and O–H groups in total. The van der Waals surface area contributed by atoms with Gasteiger partial charge in [0.05, 0.1) is 6.04 Å². The molecule has 6 rings (SSSR count). The molecule has 37 heavy (non-hydrogen) atoms. The molecule has 3 heterocycles. The van der Waals surface area contributed by atoms with Gasteiger partial charge < -0.3 is 24.0 Å². The van der Waals surface area contributed by atoms with Crippen molar-refractivity contribution in [1.82, 2.24) is 9.80 Å². The number of carbonyl (C=O) groups excluding carboxylic acids is 2. The molecule has 192 valence electrons. The number of ether oxygens (including phenoxy) is 3. The van der Waals surface area contributed by atoms with Crippen LogP contribution < -0.4 is 14.2 Å². The summed E-state index contributed by atoms with van der Waals surface area (Å²) in [5, 5.41) is 2.01. The number of hydrogen-bond acceptors (Lipinski definition) is 6. The van der Waals surface area contributed by atoms with Crippen molar-refractivity contribution in [3.05, 3.63) is 75.7 Å². The summed E-state index contributed by atoms with van der Waals surface area (Å²) in [6.07, 6.45) is 2.86. The summed E-state index contributed by atoms with van der Waals surface area (Å²) in [6, 6.07) is 13.0. The summed E-state index contributed by atoms with van der Waals surface area (Å²) in [5.41, 5.74) is 1.49. The van der Waals surface area contributed by atoms with Crippen LogP contribution in [0, 0.1) is 11.7 Å². The first-order valence-electron chi connectivity index (χ1n) is 12.5. The number of nitrogens with zero attached hydrogens (tertiary/aromatic N) is 2. The molecule has 0 bridgehead atoms. The molecule has 1 atom stereocenters. The van der Waals surface area contributed by atoms with E-state index >= 15 is 0 Å². The third kappa shape index (κ3) is 5.00. The molecular formula is C28H27FN2O5S. The Labute approximate surface area is 218 Å². The third-order valence-electron chi connectivity index (χ3n) is 7.06. The van der Waals surface area contributed by atoms with Gasteiger partial charge in [-0.05, 0) is 72.5 Å². The van der Waals surface area contributed by atoms with Crippen molar-refractivity contribution in [2.24, 2.45) is 5.92 Å². The van der Waals surface area contributed by atoms with E-state index in [1.807, 2.05) is 11.4 Å². The van der Waals surface area contributed by atoms with Gasteiger partial charge in [-0.3, -0.25) is 9.59 Å². The molecule has 1 unspecified atom stereocenters. The lowest BCUT2D eigenvalue weighted by atomic mass is 10.00. The van der Waals surface area contributed by atoms with Gasteiger partial charge in [0.1, 0.15) is 13.2 Å². The quantitative estimate of drug-likeness (QED) is 0.430. The Morgan fingerprint density at radius 2 is 1.95 bits per heavy atom. The number of rotatable bonds is 8. The Balaban J connectivity index is 1.21. The van der Waals surface area contributed by atoms with Gasteiger partial charge in [-0.15, -0.1) is 11.3 Å². The van der Waals surface area contributed by atoms with Crippen LogP contribution in [0.4, 0.5) is 4.39 Å². The van der Waals surface area contributed by atoms with Crippen LogP contribution in [0.1, 0.15) is 39.7 Å². The van der Waals surface area contributed by atoms with E-state index in [0.29, 0.717) is 36.1 Å². The topological polar surface area (TPSA) is 68.3 Å². The van der Waals surface area contributed by atoms with Crippen molar-refractivity contribution in [2.75, 3.05) is 33.0 Å². The molecule has 0 radical (unpaired) electrons. The zero-order valence-corrected chi connectivity index (χ0v) is 21.0. The van der Waals surface area contributed by atoms with Gasteiger partial charge in [-0.2, -0.15) is 0 Å².